The third-order valence-electron chi connectivity index (χ3n) is 4.87. The van der Waals surface area contributed by atoms with Crippen LogP contribution in [0.5, 0.6) is 0 Å². The Morgan fingerprint density at radius 2 is 2.05 bits per heavy atom. The van der Waals surface area contributed by atoms with E-state index in [9.17, 15) is 4.39 Å². The summed E-state index contributed by atoms with van der Waals surface area (Å²) in [5, 5.41) is 0. The minimum absolute atomic E-state index is 0.0907. The maximum absolute atomic E-state index is 13.0. The van der Waals surface area contributed by atoms with Gasteiger partial charge in [-0.15, -0.1) is 0 Å². The molecule has 0 saturated carbocycles. The molecule has 1 fully saturated rings. The van der Waals surface area contributed by atoms with E-state index in [0.717, 1.165) is 18.7 Å². The summed E-state index contributed by atoms with van der Waals surface area (Å²) >= 11 is 0. The van der Waals surface area contributed by atoms with Gasteiger partial charge in [-0.3, -0.25) is 4.90 Å². The SMILES string of the molecule is CCN1CCCC1CN(C)C(C)C(N)c1ccc(F)cc1. The fraction of sp³-hybridized carbons (Fsp3) is 0.647. The molecule has 0 amide bonds. The molecular weight excluding hydrogens is 265 g/mol. The second-order valence-electron chi connectivity index (χ2n) is 6.18. The summed E-state index contributed by atoms with van der Waals surface area (Å²) in [6.07, 6.45) is 2.57. The van der Waals surface area contributed by atoms with Gasteiger partial charge in [-0.25, -0.2) is 4.39 Å². The van der Waals surface area contributed by atoms with Gasteiger partial charge in [0.15, 0.2) is 0 Å². The molecule has 1 aromatic carbocycles. The fourth-order valence-electron chi connectivity index (χ4n) is 3.25. The van der Waals surface area contributed by atoms with Gasteiger partial charge in [0.2, 0.25) is 0 Å². The lowest BCUT2D eigenvalue weighted by Crippen LogP contribution is -2.45. The molecule has 1 aliphatic rings. The quantitative estimate of drug-likeness (QED) is 0.875. The number of halogens is 1. The molecule has 0 aliphatic carbocycles. The van der Waals surface area contributed by atoms with Gasteiger partial charge >= 0.3 is 0 Å². The third-order valence-corrected chi connectivity index (χ3v) is 4.87. The van der Waals surface area contributed by atoms with Crippen LogP contribution >= 0.6 is 0 Å². The molecule has 1 aliphatic heterocycles. The molecule has 118 valence electrons. The number of hydrogen-bond acceptors (Lipinski definition) is 3. The number of benzene rings is 1. The van der Waals surface area contributed by atoms with Crippen molar-refractivity contribution in [2.45, 2.75) is 44.8 Å². The largest absolute Gasteiger partial charge is 0.323 e. The lowest BCUT2D eigenvalue weighted by molar-refractivity contribution is 0.156. The van der Waals surface area contributed by atoms with Crippen LogP contribution in [-0.2, 0) is 0 Å². The number of nitrogens with two attached hydrogens (primary N) is 1. The first-order chi connectivity index (χ1) is 10.0. The highest BCUT2D eigenvalue weighted by atomic mass is 19.1. The van der Waals surface area contributed by atoms with E-state index >= 15 is 0 Å². The van der Waals surface area contributed by atoms with Gasteiger partial charge in [0, 0.05) is 24.7 Å². The highest BCUT2D eigenvalue weighted by Gasteiger charge is 2.27. The molecule has 3 nitrogen and oxygen atoms in total. The van der Waals surface area contributed by atoms with Crippen LogP contribution in [0.1, 0.15) is 38.3 Å². The van der Waals surface area contributed by atoms with Crippen molar-refractivity contribution in [2.75, 3.05) is 26.7 Å². The zero-order valence-electron chi connectivity index (χ0n) is 13.4. The van der Waals surface area contributed by atoms with Crippen LogP contribution in [0.15, 0.2) is 24.3 Å². The minimum atomic E-state index is -0.212. The lowest BCUT2D eigenvalue weighted by Gasteiger charge is -2.34. The highest BCUT2D eigenvalue weighted by Crippen LogP contribution is 2.22. The summed E-state index contributed by atoms with van der Waals surface area (Å²) in [4.78, 5) is 4.89. The molecule has 3 unspecified atom stereocenters. The number of nitrogens with zero attached hydrogens (tertiary/aromatic N) is 2. The Morgan fingerprint density at radius 1 is 1.38 bits per heavy atom. The summed E-state index contributed by atoms with van der Waals surface area (Å²) in [6.45, 7) is 7.76. The predicted molar refractivity (Wildman–Crippen MR) is 85.7 cm³/mol. The Kier molecular flexibility index (Phi) is 5.73. The van der Waals surface area contributed by atoms with Crippen molar-refractivity contribution >= 4 is 0 Å². The third kappa shape index (κ3) is 4.02. The van der Waals surface area contributed by atoms with Gasteiger partial charge < -0.3 is 10.6 Å². The van der Waals surface area contributed by atoms with E-state index in [1.165, 1.54) is 31.5 Å². The molecule has 1 heterocycles. The second-order valence-corrected chi connectivity index (χ2v) is 6.18. The normalized spacial score (nSPS) is 22.7. The maximum Gasteiger partial charge on any atom is 0.123 e. The van der Waals surface area contributed by atoms with Crippen molar-refractivity contribution < 1.29 is 4.39 Å². The van der Waals surface area contributed by atoms with E-state index in [-0.39, 0.29) is 17.9 Å². The molecule has 0 aromatic heterocycles. The molecule has 1 aromatic rings. The second kappa shape index (κ2) is 7.34. The van der Waals surface area contributed by atoms with Gasteiger partial charge in [-0.1, -0.05) is 19.1 Å². The summed E-state index contributed by atoms with van der Waals surface area (Å²) in [6, 6.07) is 7.33. The zero-order chi connectivity index (χ0) is 15.4. The Morgan fingerprint density at radius 3 is 2.67 bits per heavy atom. The van der Waals surface area contributed by atoms with Crippen LogP contribution in [0, 0.1) is 5.82 Å². The van der Waals surface area contributed by atoms with Gasteiger partial charge in [0.25, 0.3) is 0 Å². The molecule has 0 spiro atoms. The first-order valence-electron chi connectivity index (χ1n) is 7.98. The van der Waals surface area contributed by atoms with Gasteiger partial charge in [0.05, 0.1) is 0 Å². The summed E-state index contributed by atoms with van der Waals surface area (Å²) in [5.74, 6) is -0.212. The van der Waals surface area contributed by atoms with E-state index in [4.69, 9.17) is 5.73 Å². The fourth-order valence-corrected chi connectivity index (χ4v) is 3.25. The van der Waals surface area contributed by atoms with Crippen LogP contribution in [0.4, 0.5) is 4.39 Å². The monoisotopic (exact) mass is 293 g/mol. The summed E-state index contributed by atoms with van der Waals surface area (Å²) < 4.78 is 13.0. The average molecular weight is 293 g/mol. The molecule has 3 atom stereocenters. The Bertz CT molecular complexity index is 434. The lowest BCUT2D eigenvalue weighted by atomic mass is 10.00. The molecule has 2 rings (SSSR count). The van der Waals surface area contributed by atoms with Crippen molar-refractivity contribution in [1.82, 2.24) is 9.80 Å². The van der Waals surface area contributed by atoms with Crippen LogP contribution in [0.2, 0.25) is 0 Å². The Balaban J connectivity index is 1.94. The first kappa shape index (κ1) is 16.4. The number of rotatable bonds is 6. The van der Waals surface area contributed by atoms with Crippen molar-refractivity contribution in [2.24, 2.45) is 5.73 Å². The summed E-state index contributed by atoms with van der Waals surface area (Å²) in [7, 11) is 2.14. The van der Waals surface area contributed by atoms with E-state index in [1.807, 2.05) is 0 Å². The van der Waals surface area contributed by atoms with Gasteiger partial charge in [-0.05, 0) is 57.6 Å². The molecule has 2 N–H and O–H groups in total. The molecule has 1 saturated heterocycles. The van der Waals surface area contributed by atoms with Crippen molar-refractivity contribution in [3.05, 3.63) is 35.6 Å². The van der Waals surface area contributed by atoms with Gasteiger partial charge in [0.1, 0.15) is 5.82 Å². The predicted octanol–water partition coefficient (Wildman–Crippen LogP) is 2.63. The standard InChI is InChI=1S/C17H28FN3/c1-4-21-11-5-6-16(21)12-20(3)13(2)17(19)14-7-9-15(18)10-8-14/h7-10,13,16-17H,4-6,11-12,19H2,1-3H3. The van der Waals surface area contributed by atoms with E-state index in [0.29, 0.717) is 6.04 Å². The van der Waals surface area contributed by atoms with Crippen LogP contribution in [-0.4, -0.2) is 48.6 Å². The van der Waals surface area contributed by atoms with E-state index in [1.54, 1.807) is 12.1 Å². The van der Waals surface area contributed by atoms with Crippen molar-refractivity contribution in [3.63, 3.8) is 0 Å². The van der Waals surface area contributed by atoms with E-state index < -0.39 is 0 Å². The minimum Gasteiger partial charge on any atom is -0.323 e. The molecule has 4 heteroatoms. The van der Waals surface area contributed by atoms with Crippen LogP contribution in [0.25, 0.3) is 0 Å². The Hall–Kier alpha value is -0.970. The summed E-state index contributed by atoms with van der Waals surface area (Å²) in [5.41, 5.74) is 7.35. The molecule has 0 radical (unpaired) electrons. The number of likely N-dealkylation sites (N-methyl/N-ethyl adjacent to an activating group) is 2. The van der Waals surface area contributed by atoms with Crippen molar-refractivity contribution in [1.29, 1.82) is 0 Å². The molecule has 21 heavy (non-hydrogen) atoms. The number of hydrogen-bond donors (Lipinski definition) is 1. The topological polar surface area (TPSA) is 32.5 Å². The Labute approximate surface area is 127 Å². The highest BCUT2D eigenvalue weighted by molar-refractivity contribution is 5.20. The molecular formula is C17H28FN3. The van der Waals surface area contributed by atoms with E-state index in [2.05, 4.69) is 30.7 Å². The smallest absolute Gasteiger partial charge is 0.123 e. The van der Waals surface area contributed by atoms with Gasteiger partial charge in [-0.2, -0.15) is 0 Å². The number of likely N-dealkylation sites (tertiary alicyclic amines) is 1. The van der Waals surface area contributed by atoms with Crippen LogP contribution < -0.4 is 5.73 Å². The molecule has 0 bridgehead atoms. The first-order valence-corrected chi connectivity index (χ1v) is 7.98. The van der Waals surface area contributed by atoms with Crippen LogP contribution in [0.3, 0.4) is 0 Å². The average Bonchev–Trinajstić information content (AvgIpc) is 2.93. The zero-order valence-corrected chi connectivity index (χ0v) is 13.4. The van der Waals surface area contributed by atoms with Crippen molar-refractivity contribution in [3.8, 4) is 0 Å². The maximum atomic E-state index is 13.0.